The Bertz CT molecular complexity index is 392. The first kappa shape index (κ1) is 14.3. The van der Waals surface area contributed by atoms with E-state index < -0.39 is 0 Å². The van der Waals surface area contributed by atoms with Crippen LogP contribution in [0.15, 0.2) is 18.3 Å². The van der Waals surface area contributed by atoms with Gasteiger partial charge >= 0.3 is 5.97 Å². The lowest BCUT2D eigenvalue weighted by Gasteiger charge is -2.14. The summed E-state index contributed by atoms with van der Waals surface area (Å²) < 4.78 is 10.6. The third kappa shape index (κ3) is 5.03. The number of ether oxygens (including phenoxy) is 2. The van der Waals surface area contributed by atoms with E-state index in [1.807, 2.05) is 33.8 Å². The zero-order chi connectivity index (χ0) is 13.5. The first-order valence-corrected chi connectivity index (χ1v) is 6.04. The smallest absolute Gasteiger partial charge is 0.325 e. The molecule has 1 aromatic heterocycles. The SMILES string of the molecule is CC(C)OC(=O)CNc1cccnc1OC(C)C. The number of hydrogen-bond donors (Lipinski definition) is 1. The molecule has 1 heterocycles. The molecular formula is C13H20N2O3. The molecule has 0 bridgehead atoms. The molecule has 0 fully saturated rings. The summed E-state index contributed by atoms with van der Waals surface area (Å²) in [5.74, 6) is 0.189. The zero-order valence-electron chi connectivity index (χ0n) is 11.3. The Labute approximate surface area is 108 Å². The van der Waals surface area contributed by atoms with E-state index in [0.29, 0.717) is 11.6 Å². The lowest BCUT2D eigenvalue weighted by Crippen LogP contribution is -2.21. The summed E-state index contributed by atoms with van der Waals surface area (Å²) in [6.45, 7) is 7.57. The van der Waals surface area contributed by atoms with Crippen LogP contribution in [0.4, 0.5) is 5.69 Å². The first-order chi connectivity index (χ1) is 8.49. The maximum atomic E-state index is 11.4. The van der Waals surface area contributed by atoms with Crippen molar-refractivity contribution in [1.29, 1.82) is 0 Å². The number of pyridine rings is 1. The predicted octanol–water partition coefficient (Wildman–Crippen LogP) is 2.23. The van der Waals surface area contributed by atoms with Crippen molar-refractivity contribution < 1.29 is 14.3 Å². The van der Waals surface area contributed by atoms with Crippen molar-refractivity contribution in [2.24, 2.45) is 0 Å². The van der Waals surface area contributed by atoms with Gasteiger partial charge in [0.05, 0.1) is 17.9 Å². The van der Waals surface area contributed by atoms with E-state index in [1.54, 1.807) is 12.3 Å². The molecule has 100 valence electrons. The summed E-state index contributed by atoms with van der Waals surface area (Å²) in [6, 6.07) is 3.59. The number of carbonyl (C=O) groups excluding carboxylic acids is 1. The highest BCUT2D eigenvalue weighted by atomic mass is 16.5. The minimum atomic E-state index is -0.302. The van der Waals surface area contributed by atoms with Gasteiger partial charge in [-0.25, -0.2) is 4.98 Å². The average Bonchev–Trinajstić information content (AvgIpc) is 2.26. The number of anilines is 1. The summed E-state index contributed by atoms with van der Waals surface area (Å²) >= 11 is 0. The molecule has 0 amide bonds. The third-order valence-corrected chi connectivity index (χ3v) is 1.91. The first-order valence-electron chi connectivity index (χ1n) is 6.04. The summed E-state index contributed by atoms with van der Waals surface area (Å²) in [5.41, 5.74) is 0.687. The molecule has 0 unspecified atom stereocenters. The van der Waals surface area contributed by atoms with Crippen LogP contribution >= 0.6 is 0 Å². The van der Waals surface area contributed by atoms with E-state index in [1.165, 1.54) is 0 Å². The van der Waals surface area contributed by atoms with Crippen LogP contribution in [0.1, 0.15) is 27.7 Å². The zero-order valence-corrected chi connectivity index (χ0v) is 11.3. The van der Waals surface area contributed by atoms with Crippen LogP contribution in [0.2, 0.25) is 0 Å². The van der Waals surface area contributed by atoms with Gasteiger partial charge < -0.3 is 14.8 Å². The molecule has 0 spiro atoms. The molecule has 0 aliphatic carbocycles. The molecule has 0 radical (unpaired) electrons. The van der Waals surface area contributed by atoms with Gasteiger partial charge in [-0.05, 0) is 39.8 Å². The fourth-order valence-corrected chi connectivity index (χ4v) is 1.31. The average molecular weight is 252 g/mol. The van der Waals surface area contributed by atoms with Crippen LogP contribution in [0.3, 0.4) is 0 Å². The number of nitrogens with zero attached hydrogens (tertiary/aromatic N) is 1. The second-order valence-corrected chi connectivity index (χ2v) is 4.41. The Morgan fingerprint density at radius 3 is 2.67 bits per heavy atom. The normalized spacial score (nSPS) is 10.6. The molecule has 0 saturated carbocycles. The topological polar surface area (TPSA) is 60.5 Å². The van der Waals surface area contributed by atoms with Crippen molar-refractivity contribution in [3.63, 3.8) is 0 Å². The van der Waals surface area contributed by atoms with Crippen LogP contribution in [0.25, 0.3) is 0 Å². The minimum absolute atomic E-state index is 0.0306. The lowest BCUT2D eigenvalue weighted by molar-refractivity contribution is -0.145. The van der Waals surface area contributed by atoms with Crippen LogP contribution in [0.5, 0.6) is 5.88 Å². The molecule has 1 N–H and O–H groups in total. The van der Waals surface area contributed by atoms with Crippen molar-refractivity contribution in [2.75, 3.05) is 11.9 Å². The fourth-order valence-electron chi connectivity index (χ4n) is 1.31. The molecule has 5 nitrogen and oxygen atoms in total. The van der Waals surface area contributed by atoms with Gasteiger partial charge in [-0.2, -0.15) is 0 Å². The van der Waals surface area contributed by atoms with Crippen molar-refractivity contribution in [2.45, 2.75) is 39.9 Å². The van der Waals surface area contributed by atoms with E-state index in [9.17, 15) is 4.79 Å². The third-order valence-electron chi connectivity index (χ3n) is 1.91. The van der Waals surface area contributed by atoms with Crippen molar-refractivity contribution in [1.82, 2.24) is 4.98 Å². The highest BCUT2D eigenvalue weighted by molar-refractivity contribution is 5.75. The molecular weight excluding hydrogens is 232 g/mol. The lowest BCUT2D eigenvalue weighted by atomic mass is 10.4. The van der Waals surface area contributed by atoms with Crippen molar-refractivity contribution in [3.8, 4) is 5.88 Å². The summed E-state index contributed by atoms with van der Waals surface area (Å²) in [5, 5.41) is 2.96. The summed E-state index contributed by atoms with van der Waals surface area (Å²) in [6.07, 6.45) is 1.57. The maximum Gasteiger partial charge on any atom is 0.325 e. The highest BCUT2D eigenvalue weighted by Gasteiger charge is 2.09. The van der Waals surface area contributed by atoms with Gasteiger partial charge in [-0.1, -0.05) is 0 Å². The molecule has 0 aliphatic rings. The quantitative estimate of drug-likeness (QED) is 0.787. The Morgan fingerprint density at radius 1 is 1.33 bits per heavy atom. The monoisotopic (exact) mass is 252 g/mol. The van der Waals surface area contributed by atoms with E-state index >= 15 is 0 Å². The van der Waals surface area contributed by atoms with Gasteiger partial charge in [0.15, 0.2) is 0 Å². The summed E-state index contributed by atoms with van der Waals surface area (Å²) in [4.78, 5) is 15.5. The Balaban J connectivity index is 2.58. The molecule has 18 heavy (non-hydrogen) atoms. The Hall–Kier alpha value is -1.78. The van der Waals surface area contributed by atoms with Crippen LogP contribution < -0.4 is 10.1 Å². The molecule has 0 aromatic carbocycles. The largest absolute Gasteiger partial charge is 0.473 e. The Kier molecular flexibility index (Phi) is 5.42. The number of nitrogens with one attached hydrogen (secondary N) is 1. The minimum Gasteiger partial charge on any atom is -0.473 e. The molecule has 0 saturated heterocycles. The van der Waals surface area contributed by atoms with Gasteiger partial charge in [-0.3, -0.25) is 4.79 Å². The van der Waals surface area contributed by atoms with Crippen molar-refractivity contribution in [3.05, 3.63) is 18.3 Å². The van der Waals surface area contributed by atoms with Gasteiger partial charge in [0.1, 0.15) is 6.54 Å². The molecule has 1 rings (SSSR count). The molecule has 0 aliphatic heterocycles. The summed E-state index contributed by atoms with van der Waals surface area (Å²) in [7, 11) is 0. The second kappa shape index (κ2) is 6.83. The van der Waals surface area contributed by atoms with Gasteiger partial charge in [0, 0.05) is 6.20 Å². The van der Waals surface area contributed by atoms with E-state index in [-0.39, 0.29) is 24.7 Å². The standard InChI is InChI=1S/C13H20N2O3/c1-9(2)17-12(16)8-15-11-6-5-7-14-13(11)18-10(3)4/h5-7,9-10,15H,8H2,1-4H3. The fraction of sp³-hybridized carbons (Fsp3) is 0.538. The van der Waals surface area contributed by atoms with Crippen LogP contribution in [0, 0.1) is 0 Å². The highest BCUT2D eigenvalue weighted by Crippen LogP contribution is 2.21. The molecule has 1 aromatic rings. The predicted molar refractivity (Wildman–Crippen MR) is 69.7 cm³/mol. The van der Waals surface area contributed by atoms with Crippen LogP contribution in [-0.2, 0) is 9.53 Å². The van der Waals surface area contributed by atoms with Gasteiger partial charge in [0.25, 0.3) is 0 Å². The van der Waals surface area contributed by atoms with Crippen LogP contribution in [-0.4, -0.2) is 29.7 Å². The van der Waals surface area contributed by atoms with Crippen molar-refractivity contribution >= 4 is 11.7 Å². The number of rotatable bonds is 6. The number of carbonyl (C=O) groups is 1. The van der Waals surface area contributed by atoms with E-state index in [4.69, 9.17) is 9.47 Å². The number of esters is 1. The second-order valence-electron chi connectivity index (χ2n) is 4.41. The Morgan fingerprint density at radius 2 is 2.06 bits per heavy atom. The molecule has 0 atom stereocenters. The van der Waals surface area contributed by atoms with E-state index in [2.05, 4.69) is 10.3 Å². The number of aromatic nitrogens is 1. The van der Waals surface area contributed by atoms with Gasteiger partial charge in [0.2, 0.25) is 5.88 Å². The maximum absolute atomic E-state index is 11.4. The number of hydrogen-bond acceptors (Lipinski definition) is 5. The van der Waals surface area contributed by atoms with Gasteiger partial charge in [-0.15, -0.1) is 0 Å². The molecule has 5 heteroatoms. The van der Waals surface area contributed by atoms with E-state index in [0.717, 1.165) is 0 Å².